The van der Waals surface area contributed by atoms with E-state index in [9.17, 15) is 4.39 Å². The van der Waals surface area contributed by atoms with Crippen LogP contribution in [0.15, 0.2) is 65.9 Å². The molecule has 0 amide bonds. The van der Waals surface area contributed by atoms with Gasteiger partial charge in [0, 0.05) is 18.0 Å². The van der Waals surface area contributed by atoms with Gasteiger partial charge in [-0.25, -0.2) is 9.38 Å². The topological polar surface area (TPSA) is 34.5 Å². The normalized spacial score (nSPS) is 16.3. The quantitative estimate of drug-likeness (QED) is 0.577. The largest absolute Gasteiger partial charge is 0.475 e. The maximum atomic E-state index is 13.9. The van der Waals surface area contributed by atoms with E-state index < -0.39 is 0 Å². The second-order valence-corrected chi connectivity index (χ2v) is 6.66. The average molecular weight is 387 g/mol. The molecule has 2 heterocycles. The number of ether oxygens (including phenoxy) is 1. The molecule has 1 aliphatic rings. The molecule has 0 saturated carbocycles. The van der Waals surface area contributed by atoms with E-state index in [1.807, 2.05) is 30.3 Å². The minimum Gasteiger partial charge on any atom is -0.475 e. The lowest BCUT2D eigenvalue weighted by atomic mass is 10.0. The van der Waals surface area contributed by atoms with E-state index >= 15 is 0 Å². The summed E-state index contributed by atoms with van der Waals surface area (Å²) in [5.41, 5.74) is 2.91. The highest BCUT2D eigenvalue weighted by Crippen LogP contribution is 2.32. The second kappa shape index (κ2) is 7.06. The minimum absolute atomic E-state index is 0.167. The fourth-order valence-corrected chi connectivity index (χ4v) is 3.40. The molecule has 1 unspecified atom stereocenters. The number of aromatic nitrogens is 1. The summed E-state index contributed by atoms with van der Waals surface area (Å²) in [6.07, 6.45) is 3.01. The number of nitrogens with zero attached hydrogens (tertiary/aromatic N) is 2. The zero-order chi connectivity index (χ0) is 18.1. The molecule has 1 atom stereocenters. The molecule has 0 spiro atoms. The van der Waals surface area contributed by atoms with Crippen LogP contribution in [-0.4, -0.2) is 17.5 Å². The van der Waals surface area contributed by atoms with Crippen molar-refractivity contribution in [3.05, 3.63) is 87.9 Å². The number of hydrogen-bond donors (Lipinski definition) is 0. The Hall–Kier alpha value is -2.43. The first-order valence-corrected chi connectivity index (χ1v) is 8.74. The standard InChI is InChI=1S/C20H13Cl2FN2O/c21-15-9-24-10-16(22)19(15)20-25-18(11-26-20)13-7-5-12(6-8-13)14-3-1-2-4-17(14)23/h1-10,18H,11H2. The van der Waals surface area contributed by atoms with E-state index in [-0.39, 0.29) is 11.9 Å². The lowest BCUT2D eigenvalue weighted by molar-refractivity contribution is 0.320. The van der Waals surface area contributed by atoms with Gasteiger partial charge >= 0.3 is 0 Å². The minimum atomic E-state index is -0.244. The highest BCUT2D eigenvalue weighted by molar-refractivity contribution is 6.39. The van der Waals surface area contributed by atoms with Crippen LogP contribution in [0.4, 0.5) is 4.39 Å². The zero-order valence-electron chi connectivity index (χ0n) is 13.5. The van der Waals surface area contributed by atoms with E-state index in [0.717, 1.165) is 11.1 Å². The van der Waals surface area contributed by atoms with Crippen LogP contribution in [0.5, 0.6) is 0 Å². The van der Waals surface area contributed by atoms with Crippen LogP contribution in [0.3, 0.4) is 0 Å². The van der Waals surface area contributed by atoms with Gasteiger partial charge in [0.25, 0.3) is 0 Å². The smallest absolute Gasteiger partial charge is 0.220 e. The van der Waals surface area contributed by atoms with Crippen molar-refractivity contribution in [1.29, 1.82) is 0 Å². The SMILES string of the molecule is Fc1ccccc1-c1ccc(C2COC(c3c(Cl)cncc3Cl)=N2)cc1. The predicted octanol–water partition coefficient (Wildman–Crippen LogP) is 5.71. The van der Waals surface area contributed by atoms with Crippen molar-refractivity contribution in [2.45, 2.75) is 6.04 Å². The second-order valence-electron chi connectivity index (χ2n) is 5.84. The van der Waals surface area contributed by atoms with Crippen LogP contribution >= 0.6 is 23.2 Å². The van der Waals surface area contributed by atoms with Gasteiger partial charge in [0.2, 0.25) is 5.90 Å². The molecule has 26 heavy (non-hydrogen) atoms. The number of rotatable bonds is 3. The van der Waals surface area contributed by atoms with Crippen LogP contribution in [0.1, 0.15) is 17.2 Å². The van der Waals surface area contributed by atoms with E-state index in [1.165, 1.54) is 18.5 Å². The number of halogens is 3. The van der Waals surface area contributed by atoms with Crippen LogP contribution in [0, 0.1) is 5.82 Å². The van der Waals surface area contributed by atoms with E-state index in [0.29, 0.717) is 33.7 Å². The van der Waals surface area contributed by atoms with Crippen molar-refractivity contribution in [3.8, 4) is 11.1 Å². The van der Waals surface area contributed by atoms with Gasteiger partial charge in [-0.15, -0.1) is 0 Å². The van der Waals surface area contributed by atoms with Crippen molar-refractivity contribution in [1.82, 2.24) is 4.98 Å². The highest BCUT2D eigenvalue weighted by atomic mass is 35.5. The predicted molar refractivity (Wildman–Crippen MR) is 101 cm³/mol. The number of aliphatic imine (C=N–C) groups is 1. The summed E-state index contributed by atoms with van der Waals surface area (Å²) in [5.74, 6) is 0.164. The maximum absolute atomic E-state index is 13.9. The van der Waals surface area contributed by atoms with Crippen molar-refractivity contribution >= 4 is 29.1 Å². The van der Waals surface area contributed by atoms with Gasteiger partial charge < -0.3 is 4.74 Å². The number of pyridine rings is 1. The Balaban J connectivity index is 1.61. The van der Waals surface area contributed by atoms with Gasteiger partial charge in [-0.1, -0.05) is 65.7 Å². The van der Waals surface area contributed by atoms with Crippen molar-refractivity contribution in [2.24, 2.45) is 4.99 Å². The third-order valence-electron chi connectivity index (χ3n) is 4.20. The summed E-state index contributed by atoms with van der Waals surface area (Å²) >= 11 is 12.3. The Bertz CT molecular complexity index is 969. The van der Waals surface area contributed by atoms with Crippen molar-refractivity contribution in [2.75, 3.05) is 6.61 Å². The third-order valence-corrected chi connectivity index (χ3v) is 4.77. The van der Waals surface area contributed by atoms with Crippen LogP contribution in [0.2, 0.25) is 10.0 Å². The molecule has 130 valence electrons. The molecule has 2 aromatic carbocycles. The molecule has 0 radical (unpaired) electrons. The third kappa shape index (κ3) is 3.18. The molecular weight excluding hydrogens is 374 g/mol. The summed E-state index contributed by atoms with van der Waals surface area (Å²) in [7, 11) is 0. The van der Waals surface area contributed by atoms with Gasteiger partial charge in [-0.2, -0.15) is 0 Å². The number of benzene rings is 2. The molecule has 0 saturated heterocycles. The van der Waals surface area contributed by atoms with Gasteiger partial charge in [-0.3, -0.25) is 4.98 Å². The van der Waals surface area contributed by atoms with Gasteiger partial charge in [0.1, 0.15) is 18.5 Å². The van der Waals surface area contributed by atoms with E-state index in [4.69, 9.17) is 27.9 Å². The van der Waals surface area contributed by atoms with Gasteiger partial charge in [0.15, 0.2) is 0 Å². The van der Waals surface area contributed by atoms with E-state index in [1.54, 1.807) is 12.1 Å². The number of hydrogen-bond acceptors (Lipinski definition) is 3. The van der Waals surface area contributed by atoms with Crippen LogP contribution in [0.25, 0.3) is 11.1 Å². The van der Waals surface area contributed by atoms with Crippen LogP contribution < -0.4 is 0 Å². The molecule has 4 rings (SSSR count). The Kier molecular flexibility index (Phi) is 4.62. The lowest BCUT2D eigenvalue weighted by Crippen LogP contribution is -2.03. The lowest BCUT2D eigenvalue weighted by Gasteiger charge is -2.08. The molecule has 0 N–H and O–H groups in total. The Morgan fingerprint density at radius 2 is 1.65 bits per heavy atom. The molecule has 3 aromatic rings. The fraction of sp³-hybridized carbons (Fsp3) is 0.100. The summed E-state index contributed by atoms with van der Waals surface area (Å²) < 4.78 is 19.6. The molecule has 6 heteroatoms. The van der Waals surface area contributed by atoms with Crippen molar-refractivity contribution < 1.29 is 9.13 Å². The summed E-state index contributed by atoms with van der Waals surface area (Å²) in [6.45, 7) is 0.392. The summed E-state index contributed by atoms with van der Waals surface area (Å²) in [4.78, 5) is 8.53. The molecule has 3 nitrogen and oxygen atoms in total. The molecule has 0 bridgehead atoms. The van der Waals surface area contributed by atoms with Crippen molar-refractivity contribution in [3.63, 3.8) is 0 Å². The Morgan fingerprint density at radius 1 is 0.962 bits per heavy atom. The first-order valence-electron chi connectivity index (χ1n) is 7.98. The highest BCUT2D eigenvalue weighted by Gasteiger charge is 2.25. The fourth-order valence-electron chi connectivity index (χ4n) is 2.88. The first-order chi connectivity index (χ1) is 12.6. The molecular formula is C20H13Cl2FN2O. The monoisotopic (exact) mass is 386 g/mol. The summed E-state index contributed by atoms with van der Waals surface area (Å²) in [5, 5.41) is 0.790. The molecule has 1 aliphatic heterocycles. The summed E-state index contributed by atoms with van der Waals surface area (Å²) in [6, 6.07) is 14.2. The Labute approximate surface area is 160 Å². The molecule has 0 fully saturated rings. The molecule has 0 aliphatic carbocycles. The first kappa shape index (κ1) is 17.0. The zero-order valence-corrected chi connectivity index (χ0v) is 15.0. The van der Waals surface area contributed by atoms with Gasteiger partial charge in [0.05, 0.1) is 15.6 Å². The average Bonchev–Trinajstić information content (AvgIpc) is 3.12. The van der Waals surface area contributed by atoms with Gasteiger partial charge in [-0.05, 0) is 17.2 Å². The van der Waals surface area contributed by atoms with E-state index in [2.05, 4.69) is 9.98 Å². The molecule has 1 aromatic heterocycles. The Morgan fingerprint density at radius 3 is 2.35 bits per heavy atom. The van der Waals surface area contributed by atoms with Crippen LogP contribution in [-0.2, 0) is 4.74 Å². The maximum Gasteiger partial charge on any atom is 0.220 e.